The maximum atomic E-state index is 13.1. The molecule has 97 heavy (non-hydrogen) atoms. The highest BCUT2D eigenvalue weighted by Gasteiger charge is 2.61. The first kappa shape index (κ1) is 72.6. The van der Waals surface area contributed by atoms with Gasteiger partial charge >= 0.3 is 5.97 Å². The molecule has 5 fully saturated rings. The molecule has 0 radical (unpaired) electrons. The molecule has 5 aliphatic rings. The van der Waals surface area contributed by atoms with Crippen LogP contribution in [0.2, 0.25) is 16.6 Å². The fourth-order valence-electron chi connectivity index (χ4n) is 14.4. The average molecular weight is 1350 g/mol. The first-order valence-corrected chi connectivity index (χ1v) is 36.7. The molecular formula is C78H100O18Si. The number of carbonyl (C=O) groups excluding carboxylic acids is 1. The van der Waals surface area contributed by atoms with E-state index < -0.39 is 131 Å². The van der Waals surface area contributed by atoms with E-state index in [-0.39, 0.29) is 62.9 Å². The van der Waals surface area contributed by atoms with Gasteiger partial charge in [0, 0.05) is 6.92 Å². The molecule has 0 aliphatic carbocycles. The van der Waals surface area contributed by atoms with Gasteiger partial charge in [-0.15, -0.1) is 0 Å². The molecule has 0 amide bonds. The standard InChI is InChI=1S/C78H100O18Si/c1-50(2)97(51(3)4,52(5)6)96-77-72(68(64(53(7)89-77)90-55(9)79)83-45-59-36-24-15-25-37-59)93-76-73-69(94-78(10,11)95-73)65(54(8)88-76)91-75-71(85-47-61-40-28-17-29-41-61)67(63(49-87-75)81-43-57-32-20-13-21-33-57)92-74-70(84-46-60-38-26-16-27-39-60)66(82-44-58-34-22-14-23-35-58)62(48-86-74)80-42-56-30-18-12-19-31-56/h12-41,50-54,62-77H,42-49H2,1-11H3/t53-,54-,62-,63-,64+,65+,66?,67?,68?,69?,70?,71?,72?,73?,74+,75+,76+,77+/m1/s1. The number of benzene rings is 6. The quantitative estimate of drug-likeness (QED) is 0.0307. The van der Waals surface area contributed by atoms with Crippen molar-refractivity contribution in [2.75, 3.05) is 13.2 Å². The lowest BCUT2D eigenvalue weighted by Gasteiger charge is -2.52. The highest BCUT2D eigenvalue weighted by Crippen LogP contribution is 2.47. The third-order valence-electron chi connectivity index (χ3n) is 19.0. The van der Waals surface area contributed by atoms with Crippen LogP contribution in [0.3, 0.4) is 0 Å². The Morgan fingerprint density at radius 1 is 0.402 bits per heavy atom. The SMILES string of the molecule is CC(=O)O[C@@H]1C(OCc2ccccc2)C(O[C@@H]2O[C@H](C)[C@H](O[C@@H]3OC[C@@H](OCc4ccccc4)C(O[C@@H]4OC[C@@H](OCc5ccccc5)C(OCc5ccccc5)C4OCc4ccccc4)C3OCc3ccccc3)C3OC(C)(C)OC32)[C@H](O[Si](C(C)C)(C(C)C)C(C)C)O[C@@H]1C. The number of hydrogen-bond donors (Lipinski definition) is 0. The van der Waals surface area contributed by atoms with E-state index >= 15 is 0 Å². The largest absolute Gasteiger partial charge is 0.457 e. The van der Waals surface area contributed by atoms with Crippen LogP contribution >= 0.6 is 0 Å². The molecule has 19 heteroatoms. The van der Waals surface area contributed by atoms with Crippen molar-refractivity contribution in [3.8, 4) is 0 Å². The van der Waals surface area contributed by atoms with E-state index in [1.165, 1.54) is 6.92 Å². The Morgan fingerprint density at radius 3 is 1.14 bits per heavy atom. The fraction of sp³-hybridized carbons (Fsp3) is 0.526. The molecule has 6 aromatic carbocycles. The summed E-state index contributed by atoms with van der Waals surface area (Å²) >= 11 is 0. The van der Waals surface area contributed by atoms with Crippen LogP contribution in [-0.4, -0.2) is 144 Å². The van der Waals surface area contributed by atoms with E-state index in [0.29, 0.717) is 6.61 Å². The molecule has 18 nitrogen and oxygen atoms in total. The lowest BCUT2D eigenvalue weighted by molar-refractivity contribution is -0.377. The monoisotopic (exact) mass is 1350 g/mol. The Hall–Kier alpha value is -5.63. The number of fused-ring (bicyclic) bond motifs is 1. The first-order valence-electron chi connectivity index (χ1n) is 34.6. The van der Waals surface area contributed by atoms with E-state index in [1.807, 2.05) is 210 Å². The fourth-order valence-corrected chi connectivity index (χ4v) is 19.8. The average Bonchev–Trinajstić information content (AvgIpc) is 1.74. The number of ether oxygens (including phenoxy) is 16. The zero-order chi connectivity index (χ0) is 68.1. The molecule has 5 aliphatic heterocycles. The molecule has 6 aromatic rings. The number of carbonyl (C=O) groups is 1. The van der Waals surface area contributed by atoms with Crippen molar-refractivity contribution in [2.24, 2.45) is 0 Å². The topological polar surface area (TPSA) is 174 Å². The lowest BCUT2D eigenvalue weighted by atomic mass is 9.97. The Labute approximate surface area is 574 Å². The molecular weight excluding hydrogens is 1250 g/mol. The first-order chi connectivity index (χ1) is 46.9. The summed E-state index contributed by atoms with van der Waals surface area (Å²) in [6.45, 7) is 23.7. The Morgan fingerprint density at radius 2 is 0.732 bits per heavy atom. The molecule has 0 aromatic heterocycles. The highest BCUT2D eigenvalue weighted by molar-refractivity contribution is 6.77. The van der Waals surface area contributed by atoms with Crippen molar-refractivity contribution < 1.29 is 85.0 Å². The molecule has 0 N–H and O–H groups in total. The van der Waals surface area contributed by atoms with E-state index in [4.69, 9.17) is 80.2 Å². The van der Waals surface area contributed by atoms with Gasteiger partial charge in [-0.25, -0.2) is 0 Å². The second-order valence-corrected chi connectivity index (χ2v) is 32.8. The molecule has 5 saturated heterocycles. The van der Waals surface area contributed by atoms with Crippen LogP contribution in [0, 0.1) is 0 Å². The molecule has 524 valence electrons. The zero-order valence-electron chi connectivity index (χ0n) is 58.0. The second-order valence-electron chi connectivity index (χ2n) is 27.4. The predicted octanol–water partition coefficient (Wildman–Crippen LogP) is 13.5. The van der Waals surface area contributed by atoms with E-state index in [0.717, 1.165) is 33.4 Å². The van der Waals surface area contributed by atoms with Gasteiger partial charge in [-0.2, -0.15) is 0 Å². The highest BCUT2D eigenvalue weighted by atomic mass is 28.4. The summed E-state index contributed by atoms with van der Waals surface area (Å²) in [7, 11) is -2.72. The van der Waals surface area contributed by atoms with Gasteiger partial charge in [0.05, 0.1) is 65.1 Å². The van der Waals surface area contributed by atoms with Crippen molar-refractivity contribution in [3.63, 3.8) is 0 Å². The van der Waals surface area contributed by atoms with Gasteiger partial charge in [0.25, 0.3) is 0 Å². The van der Waals surface area contributed by atoms with Crippen molar-refractivity contribution in [1.82, 2.24) is 0 Å². The normalized spacial score (nSPS) is 30.5. The summed E-state index contributed by atoms with van der Waals surface area (Å²) in [5.74, 6) is -1.65. The summed E-state index contributed by atoms with van der Waals surface area (Å²) in [4.78, 5) is 13.1. The van der Waals surface area contributed by atoms with Gasteiger partial charge in [-0.05, 0) is 77.7 Å². The minimum absolute atomic E-state index is 0.0142. The maximum Gasteiger partial charge on any atom is 0.303 e. The van der Waals surface area contributed by atoms with Gasteiger partial charge in [0.15, 0.2) is 37.1 Å². The Kier molecular flexibility index (Phi) is 25.6. The summed E-state index contributed by atoms with van der Waals surface area (Å²) in [5, 5.41) is 0. The van der Waals surface area contributed by atoms with Crippen LogP contribution in [0.1, 0.15) is 110 Å². The summed E-state index contributed by atoms with van der Waals surface area (Å²) in [5.41, 5.74) is 6.24. The lowest BCUT2D eigenvalue weighted by Crippen LogP contribution is -2.67. The summed E-state index contributed by atoms with van der Waals surface area (Å²) in [6, 6.07) is 59.8. The van der Waals surface area contributed by atoms with E-state index in [9.17, 15) is 4.79 Å². The Bertz CT molecular complexity index is 3260. The zero-order valence-corrected chi connectivity index (χ0v) is 59.0. The van der Waals surface area contributed by atoms with Gasteiger partial charge < -0.3 is 80.2 Å². The molecule has 0 bridgehead atoms. The maximum absolute atomic E-state index is 13.1. The number of hydrogen-bond acceptors (Lipinski definition) is 18. The summed E-state index contributed by atoms with van der Waals surface area (Å²) in [6.07, 6.45) is -16.0. The minimum atomic E-state index is -2.72. The van der Waals surface area contributed by atoms with Crippen LogP contribution < -0.4 is 0 Å². The van der Waals surface area contributed by atoms with Crippen LogP contribution in [0.4, 0.5) is 0 Å². The van der Waals surface area contributed by atoms with E-state index in [1.54, 1.807) is 0 Å². The molecule has 11 rings (SSSR count). The number of esters is 1. The van der Waals surface area contributed by atoms with Gasteiger partial charge in [-0.3, -0.25) is 4.79 Å². The van der Waals surface area contributed by atoms with E-state index in [2.05, 4.69) is 41.5 Å². The van der Waals surface area contributed by atoms with Crippen molar-refractivity contribution in [3.05, 3.63) is 215 Å². The summed E-state index contributed by atoms with van der Waals surface area (Å²) < 4.78 is 120. The molecule has 0 spiro atoms. The van der Waals surface area contributed by atoms with Crippen LogP contribution in [0.5, 0.6) is 0 Å². The predicted molar refractivity (Wildman–Crippen MR) is 364 cm³/mol. The van der Waals surface area contributed by atoms with Crippen LogP contribution in [0.25, 0.3) is 0 Å². The Balaban J connectivity index is 0.935. The van der Waals surface area contributed by atoms with Crippen LogP contribution in [0.15, 0.2) is 182 Å². The second kappa shape index (κ2) is 34.2. The molecule has 8 unspecified atom stereocenters. The minimum Gasteiger partial charge on any atom is -0.457 e. The molecule has 5 heterocycles. The van der Waals surface area contributed by atoms with Crippen molar-refractivity contribution in [2.45, 2.75) is 249 Å². The van der Waals surface area contributed by atoms with Gasteiger partial charge in [-0.1, -0.05) is 224 Å². The third kappa shape index (κ3) is 18.5. The number of rotatable bonds is 30. The molecule has 0 saturated carbocycles. The van der Waals surface area contributed by atoms with Crippen molar-refractivity contribution >= 4 is 14.3 Å². The van der Waals surface area contributed by atoms with Crippen molar-refractivity contribution in [1.29, 1.82) is 0 Å². The van der Waals surface area contributed by atoms with Gasteiger partial charge in [0.2, 0.25) is 8.32 Å². The van der Waals surface area contributed by atoms with Gasteiger partial charge in [0.1, 0.15) is 67.1 Å². The molecule has 18 atom stereocenters. The smallest absolute Gasteiger partial charge is 0.303 e. The third-order valence-corrected chi connectivity index (χ3v) is 25.1. The van der Waals surface area contributed by atoms with Crippen LogP contribution in [-0.2, 0) is 125 Å².